The number of nitrogens with zero attached hydrogens (tertiary/aromatic N) is 2. The summed E-state index contributed by atoms with van der Waals surface area (Å²) >= 11 is 0. The van der Waals surface area contributed by atoms with E-state index in [4.69, 9.17) is 0 Å². The standard InChI is InChI=1S/C61H42N2/c1-61(2)56-24-10-8-20-48(56)49-35-34-45(36-57(49)61)62(42-28-26-40(27-29-42)39-14-4-3-5-15-39)43-30-32-44(33-31-43)63-58-25-11-9-21-50(58)55-37-53-47-19-7-6-18-46(47)51-22-12-16-41-17-13-23-52(60(41)51)54(53)38-59(55)63/h3-38H,1-2H3. The molecular weight excluding hydrogens is 761 g/mol. The van der Waals surface area contributed by atoms with Crippen LogP contribution in [0, 0.1) is 0 Å². The predicted octanol–water partition coefficient (Wildman–Crippen LogP) is 16.7. The summed E-state index contributed by atoms with van der Waals surface area (Å²) < 4.78 is 2.46. The Balaban J connectivity index is 0.987. The molecule has 296 valence electrons. The van der Waals surface area contributed by atoms with E-state index < -0.39 is 0 Å². The van der Waals surface area contributed by atoms with Crippen LogP contribution in [0.5, 0.6) is 0 Å². The van der Waals surface area contributed by atoms with Crippen molar-refractivity contribution in [3.63, 3.8) is 0 Å². The number of hydrogen-bond donors (Lipinski definition) is 0. The summed E-state index contributed by atoms with van der Waals surface area (Å²) in [4.78, 5) is 2.42. The van der Waals surface area contributed by atoms with Crippen LogP contribution < -0.4 is 4.90 Å². The van der Waals surface area contributed by atoms with E-state index in [1.807, 2.05) is 0 Å². The summed E-state index contributed by atoms with van der Waals surface area (Å²) in [5, 5.41) is 5.08. The molecule has 0 atom stereocenters. The van der Waals surface area contributed by atoms with E-state index in [0.29, 0.717) is 0 Å². The van der Waals surface area contributed by atoms with Crippen molar-refractivity contribution in [2.45, 2.75) is 19.3 Å². The molecule has 13 rings (SSSR count). The van der Waals surface area contributed by atoms with Crippen LogP contribution in [-0.4, -0.2) is 4.57 Å². The molecule has 0 N–H and O–H groups in total. The van der Waals surface area contributed by atoms with E-state index in [9.17, 15) is 0 Å². The lowest BCUT2D eigenvalue weighted by Crippen LogP contribution is -2.16. The predicted molar refractivity (Wildman–Crippen MR) is 266 cm³/mol. The Morgan fingerprint density at radius 1 is 0.349 bits per heavy atom. The largest absolute Gasteiger partial charge is 0.310 e. The second-order valence-electron chi connectivity index (χ2n) is 17.7. The Labute approximate surface area is 367 Å². The summed E-state index contributed by atoms with van der Waals surface area (Å²) in [5.74, 6) is 0. The topological polar surface area (TPSA) is 8.17 Å². The average molecular weight is 803 g/mol. The van der Waals surface area contributed by atoms with Crippen LogP contribution in [0.15, 0.2) is 218 Å². The highest BCUT2D eigenvalue weighted by atomic mass is 15.1. The third kappa shape index (κ3) is 5.31. The molecule has 10 aromatic carbocycles. The van der Waals surface area contributed by atoms with Gasteiger partial charge in [-0.15, -0.1) is 0 Å². The van der Waals surface area contributed by atoms with Gasteiger partial charge in [0.1, 0.15) is 0 Å². The molecule has 0 bridgehead atoms. The van der Waals surface area contributed by atoms with Gasteiger partial charge in [0.25, 0.3) is 0 Å². The van der Waals surface area contributed by atoms with Gasteiger partial charge in [-0.1, -0.05) is 166 Å². The maximum atomic E-state index is 2.46. The smallest absolute Gasteiger partial charge is 0.0547 e. The molecule has 2 aliphatic rings. The zero-order valence-corrected chi connectivity index (χ0v) is 35.2. The summed E-state index contributed by atoms with van der Waals surface area (Å²) in [6, 6.07) is 81.0. The van der Waals surface area contributed by atoms with Crippen molar-refractivity contribution in [2.75, 3.05) is 4.90 Å². The van der Waals surface area contributed by atoms with Gasteiger partial charge in [0.05, 0.1) is 11.0 Å². The number of fused-ring (bicyclic) bond motifs is 11. The highest BCUT2D eigenvalue weighted by Crippen LogP contribution is 2.52. The van der Waals surface area contributed by atoms with Crippen LogP contribution in [0.25, 0.3) is 93.9 Å². The van der Waals surface area contributed by atoms with E-state index >= 15 is 0 Å². The zero-order chi connectivity index (χ0) is 41.8. The Kier molecular flexibility index (Phi) is 7.68. The van der Waals surface area contributed by atoms with E-state index in [1.165, 1.54) is 99.3 Å². The van der Waals surface area contributed by atoms with Crippen LogP contribution in [0.2, 0.25) is 0 Å². The fourth-order valence-electron chi connectivity index (χ4n) is 10.9. The number of para-hydroxylation sites is 1. The Hall–Kier alpha value is -7.94. The fraction of sp³-hybridized carbons (Fsp3) is 0.0492. The van der Waals surface area contributed by atoms with Gasteiger partial charge in [-0.2, -0.15) is 0 Å². The number of benzene rings is 10. The number of hydrogen-bond acceptors (Lipinski definition) is 1. The normalized spacial score (nSPS) is 13.0. The van der Waals surface area contributed by atoms with Gasteiger partial charge in [0.15, 0.2) is 0 Å². The van der Waals surface area contributed by atoms with Crippen molar-refractivity contribution in [3.8, 4) is 61.3 Å². The average Bonchev–Trinajstić information content (AvgIpc) is 3.74. The molecule has 0 saturated carbocycles. The SMILES string of the molecule is CC1(C)c2ccccc2-c2ccc(N(c3ccc(-c4ccccc4)cc3)c3ccc(-n4c5ccccc5c5cc6c(cc54)-c4cccc5cccc(c45)-c4ccccc4-6)cc3)cc21. The second kappa shape index (κ2) is 13.5. The summed E-state index contributed by atoms with van der Waals surface area (Å²) in [6.45, 7) is 4.72. The first-order chi connectivity index (χ1) is 31.0. The molecule has 1 heterocycles. The van der Waals surface area contributed by atoms with E-state index in [-0.39, 0.29) is 5.41 Å². The lowest BCUT2D eigenvalue weighted by Gasteiger charge is -2.28. The highest BCUT2D eigenvalue weighted by Gasteiger charge is 2.36. The Morgan fingerprint density at radius 2 is 0.905 bits per heavy atom. The minimum Gasteiger partial charge on any atom is -0.310 e. The molecular formula is C61H42N2. The minimum atomic E-state index is -0.112. The van der Waals surface area contributed by atoms with Crippen molar-refractivity contribution in [1.82, 2.24) is 4.57 Å². The van der Waals surface area contributed by atoms with E-state index in [0.717, 1.165) is 22.7 Å². The molecule has 0 unspecified atom stereocenters. The van der Waals surface area contributed by atoms with Gasteiger partial charge in [-0.25, -0.2) is 0 Å². The lowest BCUT2D eigenvalue weighted by molar-refractivity contribution is 0.660. The highest BCUT2D eigenvalue weighted by molar-refractivity contribution is 6.18. The summed E-state index contributed by atoms with van der Waals surface area (Å²) in [6.07, 6.45) is 0. The summed E-state index contributed by atoms with van der Waals surface area (Å²) in [7, 11) is 0. The molecule has 11 aromatic rings. The third-order valence-electron chi connectivity index (χ3n) is 13.9. The molecule has 1 aromatic heterocycles. The maximum Gasteiger partial charge on any atom is 0.0547 e. The maximum absolute atomic E-state index is 2.46. The molecule has 0 amide bonds. The van der Waals surface area contributed by atoms with Crippen LogP contribution in [0.3, 0.4) is 0 Å². The molecule has 0 radical (unpaired) electrons. The van der Waals surface area contributed by atoms with Gasteiger partial charge < -0.3 is 9.47 Å². The first kappa shape index (κ1) is 35.8. The van der Waals surface area contributed by atoms with Gasteiger partial charge in [0, 0.05) is 38.9 Å². The lowest BCUT2D eigenvalue weighted by atomic mass is 9.82. The Bertz CT molecular complexity index is 3620. The van der Waals surface area contributed by atoms with Gasteiger partial charge >= 0.3 is 0 Å². The molecule has 2 aliphatic carbocycles. The molecule has 2 heteroatoms. The first-order valence-electron chi connectivity index (χ1n) is 22.0. The van der Waals surface area contributed by atoms with E-state index in [1.54, 1.807) is 0 Å². The van der Waals surface area contributed by atoms with Gasteiger partial charge in [-0.3, -0.25) is 0 Å². The Morgan fingerprint density at radius 3 is 1.67 bits per heavy atom. The van der Waals surface area contributed by atoms with Crippen molar-refractivity contribution >= 4 is 49.6 Å². The molecule has 0 aliphatic heterocycles. The van der Waals surface area contributed by atoms with Crippen molar-refractivity contribution in [2.24, 2.45) is 0 Å². The quantitative estimate of drug-likeness (QED) is 0.168. The van der Waals surface area contributed by atoms with Gasteiger partial charge in [0.2, 0.25) is 0 Å². The van der Waals surface area contributed by atoms with Crippen LogP contribution in [-0.2, 0) is 5.41 Å². The van der Waals surface area contributed by atoms with Crippen molar-refractivity contribution in [1.29, 1.82) is 0 Å². The number of anilines is 3. The van der Waals surface area contributed by atoms with Crippen molar-refractivity contribution in [3.05, 3.63) is 230 Å². The summed E-state index contributed by atoms with van der Waals surface area (Å²) in [5.41, 5.74) is 22.2. The minimum absolute atomic E-state index is 0.112. The van der Waals surface area contributed by atoms with Crippen molar-refractivity contribution < 1.29 is 0 Å². The number of rotatable bonds is 5. The molecule has 0 fully saturated rings. The third-order valence-corrected chi connectivity index (χ3v) is 13.9. The second-order valence-corrected chi connectivity index (χ2v) is 17.7. The molecule has 0 spiro atoms. The van der Waals surface area contributed by atoms with Crippen LogP contribution >= 0.6 is 0 Å². The molecule has 0 saturated heterocycles. The first-order valence-corrected chi connectivity index (χ1v) is 22.0. The van der Waals surface area contributed by atoms with Gasteiger partial charge in [-0.05, 0) is 144 Å². The zero-order valence-electron chi connectivity index (χ0n) is 35.2. The van der Waals surface area contributed by atoms with E-state index in [2.05, 4.69) is 242 Å². The molecule has 63 heavy (non-hydrogen) atoms. The number of aromatic nitrogens is 1. The van der Waals surface area contributed by atoms with Crippen LogP contribution in [0.4, 0.5) is 17.1 Å². The molecule has 2 nitrogen and oxygen atoms in total. The van der Waals surface area contributed by atoms with Crippen LogP contribution in [0.1, 0.15) is 25.0 Å². The monoisotopic (exact) mass is 802 g/mol. The fourth-order valence-corrected chi connectivity index (χ4v) is 10.9.